The van der Waals surface area contributed by atoms with Crippen molar-refractivity contribution in [2.24, 2.45) is 10.8 Å². The lowest BCUT2D eigenvalue weighted by atomic mass is 9.91. The second-order valence-electron chi connectivity index (χ2n) is 12.3. The molecule has 1 atom stereocenters. The Morgan fingerprint density at radius 1 is 0.575 bits per heavy atom. The van der Waals surface area contributed by atoms with E-state index in [4.69, 9.17) is 0 Å². The SMILES string of the molecule is CC(C)(C)C(=C=CC(C(C)(C)C)P(=O)(c1ccccc1)c1ccccc1)P(=O)(c1ccccc1)c1ccccc1. The molecule has 0 radical (unpaired) electrons. The first-order valence-corrected chi connectivity index (χ1v) is 17.3. The summed E-state index contributed by atoms with van der Waals surface area (Å²) >= 11 is 0. The lowest BCUT2D eigenvalue weighted by Crippen LogP contribution is -2.33. The molecule has 4 heteroatoms. The highest BCUT2D eigenvalue weighted by atomic mass is 31.2. The lowest BCUT2D eigenvalue weighted by Gasteiger charge is -2.36. The number of hydrogen-bond acceptors (Lipinski definition) is 2. The fourth-order valence-corrected chi connectivity index (χ4v) is 12.0. The van der Waals surface area contributed by atoms with Crippen molar-refractivity contribution in [3.63, 3.8) is 0 Å². The molecule has 0 aliphatic rings. The molecular weight excluding hydrogens is 526 g/mol. The minimum absolute atomic E-state index is 0.374. The van der Waals surface area contributed by atoms with Crippen LogP contribution in [0.4, 0.5) is 0 Å². The molecule has 4 aromatic carbocycles. The average molecular weight is 567 g/mol. The topological polar surface area (TPSA) is 34.1 Å². The first-order valence-electron chi connectivity index (χ1n) is 13.8. The van der Waals surface area contributed by atoms with Crippen molar-refractivity contribution in [2.45, 2.75) is 47.2 Å². The van der Waals surface area contributed by atoms with Crippen molar-refractivity contribution in [1.29, 1.82) is 0 Å². The highest BCUT2D eigenvalue weighted by molar-refractivity contribution is 7.82. The maximum Gasteiger partial charge on any atom is 0.175 e. The minimum atomic E-state index is -3.28. The van der Waals surface area contributed by atoms with Crippen molar-refractivity contribution in [1.82, 2.24) is 0 Å². The van der Waals surface area contributed by atoms with E-state index in [0.29, 0.717) is 0 Å². The fraction of sp³-hybridized carbons (Fsp3) is 0.250. The summed E-state index contributed by atoms with van der Waals surface area (Å²) in [5.41, 5.74) is 2.38. The van der Waals surface area contributed by atoms with Gasteiger partial charge in [-0.25, -0.2) is 0 Å². The number of rotatable bonds is 7. The van der Waals surface area contributed by atoms with Crippen molar-refractivity contribution >= 4 is 35.5 Å². The van der Waals surface area contributed by atoms with Gasteiger partial charge in [-0.2, -0.15) is 0 Å². The molecule has 206 valence electrons. The van der Waals surface area contributed by atoms with Gasteiger partial charge in [0.2, 0.25) is 0 Å². The molecule has 40 heavy (non-hydrogen) atoms. The van der Waals surface area contributed by atoms with Crippen LogP contribution >= 0.6 is 14.3 Å². The van der Waals surface area contributed by atoms with Crippen LogP contribution in [-0.4, -0.2) is 5.66 Å². The third-order valence-corrected chi connectivity index (χ3v) is 14.5. The van der Waals surface area contributed by atoms with Gasteiger partial charge in [-0.3, -0.25) is 0 Å². The smallest absolute Gasteiger partial charge is 0.175 e. The van der Waals surface area contributed by atoms with Crippen LogP contribution in [0.2, 0.25) is 0 Å². The van der Waals surface area contributed by atoms with Gasteiger partial charge in [0.15, 0.2) is 14.3 Å². The van der Waals surface area contributed by atoms with Gasteiger partial charge in [0.1, 0.15) is 0 Å². The van der Waals surface area contributed by atoms with Gasteiger partial charge in [0.05, 0.1) is 5.66 Å². The lowest BCUT2D eigenvalue weighted by molar-refractivity contribution is 0.417. The molecule has 0 N–H and O–H groups in total. The van der Waals surface area contributed by atoms with Crippen LogP contribution in [0, 0.1) is 10.8 Å². The maximum atomic E-state index is 15.5. The molecule has 4 aromatic rings. The van der Waals surface area contributed by atoms with Gasteiger partial charge >= 0.3 is 0 Å². The predicted molar refractivity (Wildman–Crippen MR) is 174 cm³/mol. The highest BCUT2D eigenvalue weighted by Gasteiger charge is 2.43. The zero-order valence-electron chi connectivity index (χ0n) is 24.4. The van der Waals surface area contributed by atoms with Crippen molar-refractivity contribution in [3.05, 3.63) is 138 Å². The molecule has 0 amide bonds. The normalized spacial score (nSPS) is 13.2. The zero-order chi connectivity index (χ0) is 29.0. The summed E-state index contributed by atoms with van der Waals surface area (Å²) in [6.45, 7) is 12.6. The second kappa shape index (κ2) is 11.8. The third-order valence-electron chi connectivity index (χ3n) is 7.20. The summed E-state index contributed by atoms with van der Waals surface area (Å²) in [6.07, 6.45) is 1.97. The molecule has 0 aliphatic heterocycles. The van der Waals surface area contributed by atoms with Crippen molar-refractivity contribution in [2.75, 3.05) is 0 Å². The van der Waals surface area contributed by atoms with Crippen molar-refractivity contribution in [3.8, 4) is 0 Å². The van der Waals surface area contributed by atoms with Gasteiger partial charge in [0.25, 0.3) is 0 Å². The van der Waals surface area contributed by atoms with E-state index in [1.165, 1.54) is 0 Å². The largest absolute Gasteiger partial charge is 0.313 e. The first-order chi connectivity index (χ1) is 18.9. The Hall–Kier alpha value is -3.14. The van der Waals surface area contributed by atoms with Crippen LogP contribution in [0.5, 0.6) is 0 Å². The number of allylic oxidation sites excluding steroid dienone is 1. The molecule has 0 heterocycles. The molecule has 1 unspecified atom stereocenters. The van der Waals surface area contributed by atoms with Crippen LogP contribution in [0.15, 0.2) is 138 Å². The molecule has 0 aromatic heterocycles. The fourth-order valence-electron chi connectivity index (χ4n) is 5.29. The van der Waals surface area contributed by atoms with Gasteiger partial charge < -0.3 is 9.13 Å². The van der Waals surface area contributed by atoms with E-state index in [-0.39, 0.29) is 11.1 Å². The van der Waals surface area contributed by atoms with Crippen molar-refractivity contribution < 1.29 is 9.13 Å². The molecule has 0 saturated heterocycles. The van der Waals surface area contributed by atoms with Crippen LogP contribution in [-0.2, 0) is 9.13 Å². The molecule has 0 aliphatic carbocycles. The summed E-state index contributed by atoms with van der Waals surface area (Å²) in [4.78, 5) is 0. The van der Waals surface area contributed by atoms with E-state index in [2.05, 4.69) is 47.3 Å². The van der Waals surface area contributed by atoms with Crippen LogP contribution in [0.25, 0.3) is 0 Å². The van der Waals surface area contributed by atoms with E-state index in [9.17, 15) is 0 Å². The Balaban J connectivity index is 2.08. The molecule has 0 fully saturated rings. The average Bonchev–Trinajstić information content (AvgIpc) is 2.95. The molecule has 0 bridgehead atoms. The Bertz CT molecular complexity index is 1480. The predicted octanol–water partition coefficient (Wildman–Crippen LogP) is 8.51. The Kier molecular flexibility index (Phi) is 8.77. The summed E-state index contributed by atoms with van der Waals surface area (Å²) in [6, 6.07) is 39.0. The zero-order valence-corrected chi connectivity index (χ0v) is 26.2. The van der Waals surface area contributed by atoms with Crippen LogP contribution in [0.1, 0.15) is 41.5 Å². The standard InChI is InChI=1S/C36H40O2P2/c1-35(2,3)33(39(37,29-19-11-7-12-20-29)30-21-13-8-14-22-30)27-28-34(36(4,5)6)40(38,31-23-15-9-16-24-31)32-25-17-10-18-26-32/h7-27,33H,1-6H3. The van der Waals surface area contributed by atoms with Gasteiger partial charge in [-0.15, -0.1) is 5.73 Å². The molecular formula is C36H40O2P2. The highest BCUT2D eigenvalue weighted by Crippen LogP contribution is 2.59. The molecule has 2 nitrogen and oxygen atoms in total. The molecule has 0 saturated carbocycles. The molecule has 0 spiro atoms. The van der Waals surface area contributed by atoms with Gasteiger partial charge in [-0.05, 0) is 16.9 Å². The number of benzene rings is 4. The van der Waals surface area contributed by atoms with Crippen LogP contribution < -0.4 is 21.2 Å². The monoisotopic (exact) mass is 566 g/mol. The van der Waals surface area contributed by atoms with Gasteiger partial charge in [-0.1, -0.05) is 163 Å². The summed E-state index contributed by atoms with van der Waals surface area (Å²) in [5.74, 6) is 0. The van der Waals surface area contributed by atoms with E-state index < -0.39 is 19.7 Å². The van der Waals surface area contributed by atoms with E-state index in [0.717, 1.165) is 26.5 Å². The van der Waals surface area contributed by atoms with E-state index >= 15 is 9.13 Å². The minimum Gasteiger partial charge on any atom is -0.313 e. The Morgan fingerprint density at radius 3 is 1.20 bits per heavy atom. The quantitative estimate of drug-likeness (QED) is 0.166. The summed E-state index contributed by atoms with van der Waals surface area (Å²) in [7, 11) is -6.46. The van der Waals surface area contributed by atoms with E-state index in [1.807, 2.05) is 127 Å². The summed E-state index contributed by atoms with van der Waals surface area (Å²) < 4.78 is 30.9. The van der Waals surface area contributed by atoms with E-state index in [1.54, 1.807) is 0 Å². The maximum absolute atomic E-state index is 15.5. The van der Waals surface area contributed by atoms with Crippen LogP contribution in [0.3, 0.4) is 0 Å². The first kappa shape index (κ1) is 29.8. The Morgan fingerprint density at radius 2 is 0.900 bits per heavy atom. The Labute approximate surface area is 240 Å². The number of hydrogen-bond donors (Lipinski definition) is 0. The van der Waals surface area contributed by atoms with Gasteiger partial charge in [0, 0.05) is 26.5 Å². The third kappa shape index (κ3) is 5.96. The summed E-state index contributed by atoms with van der Waals surface area (Å²) in [5, 5.41) is 3.89. The second-order valence-corrected chi connectivity index (χ2v) is 17.9. The molecule has 4 rings (SSSR count).